The van der Waals surface area contributed by atoms with Gasteiger partial charge in [0.2, 0.25) is 0 Å². The van der Waals surface area contributed by atoms with E-state index in [1.165, 1.54) is 0 Å². The minimum Gasteiger partial charge on any atom is -0.894 e. The van der Waals surface area contributed by atoms with Crippen LogP contribution in [-0.4, -0.2) is 32.1 Å². The van der Waals surface area contributed by atoms with Crippen molar-refractivity contribution in [2.24, 2.45) is 0 Å². The van der Waals surface area contributed by atoms with Crippen molar-refractivity contribution in [3.8, 4) is 0 Å². The molecule has 4 nitrogen and oxygen atoms in total. The average Bonchev–Trinajstić information content (AvgIpc) is 0.722. The number of rotatable bonds is 0. The molecule has 0 fully saturated rings. The van der Waals surface area contributed by atoms with E-state index >= 15 is 0 Å². The Kier molecular flexibility index (Phi) is 27.5. The molecule has 8 heavy (non-hydrogen) atoms. The van der Waals surface area contributed by atoms with Gasteiger partial charge in [-0.2, -0.15) is 0 Å². The third-order valence-corrected chi connectivity index (χ3v) is 0. The molecule has 0 unspecified atom stereocenters. The summed E-state index contributed by atoms with van der Waals surface area (Å²) >= 11 is 0. The van der Waals surface area contributed by atoms with Gasteiger partial charge in [0.1, 0.15) is 0 Å². The molecular formula is MgNa2O4Si. The van der Waals surface area contributed by atoms with Gasteiger partial charge in [0.15, 0.2) is 0 Å². The van der Waals surface area contributed by atoms with Gasteiger partial charge in [-0.25, -0.2) is 0 Å². The van der Waals surface area contributed by atoms with Crippen molar-refractivity contribution < 1.29 is 78.3 Å². The molecule has 32 valence electrons. The van der Waals surface area contributed by atoms with Gasteiger partial charge in [-0.3, -0.25) is 0 Å². The molecule has 0 aromatic carbocycles. The molecule has 0 saturated heterocycles. The quantitative estimate of drug-likeness (QED) is 0.331. The first-order valence-electron chi connectivity index (χ1n) is 0.816. The molecule has 0 amide bonds. The van der Waals surface area contributed by atoms with Crippen LogP contribution in [0.2, 0.25) is 0 Å². The molecular weight excluding hydrogens is 162 g/mol. The molecule has 0 spiro atoms. The molecule has 0 aromatic heterocycles. The summed E-state index contributed by atoms with van der Waals surface area (Å²) in [5.41, 5.74) is 0. The van der Waals surface area contributed by atoms with Crippen LogP contribution in [0.5, 0.6) is 0 Å². The first-order valence-corrected chi connectivity index (χ1v) is 2.45. The van der Waals surface area contributed by atoms with Gasteiger partial charge in [-0.15, -0.1) is 0 Å². The standard InChI is InChI=1S/Mg.2Na.O4Si/c;;;1-5(2,3)4/q+2;2*+1;-4. The summed E-state index contributed by atoms with van der Waals surface area (Å²) in [5, 5.41) is 0. The molecule has 0 aliphatic carbocycles. The largest absolute Gasteiger partial charge is 2.00 e. The maximum absolute atomic E-state index is 8.58. The van der Waals surface area contributed by atoms with Gasteiger partial charge in [-0.1, -0.05) is 0 Å². The molecule has 0 aliphatic heterocycles. The number of hydrogen-bond acceptors (Lipinski definition) is 4. The summed E-state index contributed by atoms with van der Waals surface area (Å²) < 4.78 is 0. The van der Waals surface area contributed by atoms with E-state index in [1.807, 2.05) is 0 Å². The van der Waals surface area contributed by atoms with Crippen molar-refractivity contribution >= 4 is 32.1 Å². The second kappa shape index (κ2) is 9.82. The molecule has 0 N–H and O–H groups in total. The molecule has 0 radical (unpaired) electrons. The van der Waals surface area contributed by atoms with Crippen molar-refractivity contribution in [2.45, 2.75) is 0 Å². The topological polar surface area (TPSA) is 92.2 Å². The van der Waals surface area contributed by atoms with Gasteiger partial charge in [0, 0.05) is 0 Å². The maximum Gasteiger partial charge on any atom is 2.00 e. The van der Waals surface area contributed by atoms with E-state index < -0.39 is 9.05 Å². The van der Waals surface area contributed by atoms with Gasteiger partial charge in [-0.05, 0) is 0 Å². The van der Waals surface area contributed by atoms with E-state index in [2.05, 4.69) is 0 Å². The van der Waals surface area contributed by atoms with Gasteiger partial charge < -0.3 is 28.2 Å². The van der Waals surface area contributed by atoms with Crippen molar-refractivity contribution in [1.82, 2.24) is 0 Å². The normalized spacial score (nSPS) is 7.50. The Labute approximate surface area is 109 Å². The summed E-state index contributed by atoms with van der Waals surface area (Å²) in [6, 6.07) is 0. The van der Waals surface area contributed by atoms with Crippen LogP contribution in [0.25, 0.3) is 0 Å². The van der Waals surface area contributed by atoms with Crippen LogP contribution in [0.3, 0.4) is 0 Å². The summed E-state index contributed by atoms with van der Waals surface area (Å²) in [7, 11) is -5.61. The van der Waals surface area contributed by atoms with Crippen LogP contribution < -0.4 is 78.3 Å². The predicted molar refractivity (Wildman–Crippen MR) is 11.5 cm³/mol. The van der Waals surface area contributed by atoms with Crippen LogP contribution in [0, 0.1) is 0 Å². The van der Waals surface area contributed by atoms with Crippen LogP contribution in [0.4, 0.5) is 0 Å². The van der Waals surface area contributed by atoms with Crippen LogP contribution in [-0.2, 0) is 0 Å². The third-order valence-electron chi connectivity index (χ3n) is 0. The molecule has 0 bridgehead atoms. The Bertz CT molecular complexity index is 29.5. The molecule has 0 atom stereocenters. The Morgan fingerprint density at radius 3 is 0.750 bits per heavy atom. The summed E-state index contributed by atoms with van der Waals surface area (Å²) in [6.45, 7) is 0. The maximum atomic E-state index is 8.58. The SMILES string of the molecule is [Mg+2].[Na+].[Na+].[O-][Si]([O-])([O-])[O-]. The summed E-state index contributed by atoms with van der Waals surface area (Å²) in [4.78, 5) is 34.3. The van der Waals surface area contributed by atoms with Crippen molar-refractivity contribution in [3.05, 3.63) is 0 Å². The smallest absolute Gasteiger partial charge is 0.894 e. The summed E-state index contributed by atoms with van der Waals surface area (Å²) in [6.07, 6.45) is 0. The molecule has 0 saturated carbocycles. The molecule has 0 heterocycles. The van der Waals surface area contributed by atoms with E-state index in [4.69, 9.17) is 19.2 Å². The van der Waals surface area contributed by atoms with Crippen LogP contribution in [0.1, 0.15) is 0 Å². The Hall–Kier alpha value is 2.82. The second-order valence-corrected chi connectivity index (χ2v) is 1.50. The Morgan fingerprint density at radius 1 is 0.750 bits per heavy atom. The van der Waals surface area contributed by atoms with E-state index in [-0.39, 0.29) is 82.2 Å². The zero-order valence-corrected chi connectivity index (χ0v) is 11.3. The molecule has 8 heteroatoms. The van der Waals surface area contributed by atoms with Crippen molar-refractivity contribution in [2.75, 3.05) is 0 Å². The minimum absolute atomic E-state index is 0. The molecule has 0 aromatic rings. The van der Waals surface area contributed by atoms with E-state index in [0.29, 0.717) is 0 Å². The van der Waals surface area contributed by atoms with Crippen LogP contribution in [0.15, 0.2) is 0 Å². The summed E-state index contributed by atoms with van der Waals surface area (Å²) in [5.74, 6) is 0. The van der Waals surface area contributed by atoms with Crippen molar-refractivity contribution in [3.63, 3.8) is 0 Å². The third kappa shape index (κ3) is 67.8. The first-order chi connectivity index (χ1) is 2.00. The zero-order valence-electron chi connectivity index (χ0n) is 4.84. The fourth-order valence-electron chi connectivity index (χ4n) is 0. The first kappa shape index (κ1) is 22.4. The van der Waals surface area contributed by atoms with E-state index in [0.717, 1.165) is 0 Å². The average molecular weight is 162 g/mol. The fourth-order valence-corrected chi connectivity index (χ4v) is 0. The van der Waals surface area contributed by atoms with Crippen LogP contribution >= 0.6 is 0 Å². The Morgan fingerprint density at radius 2 is 0.750 bits per heavy atom. The van der Waals surface area contributed by atoms with Gasteiger partial charge in [0.05, 0.1) is 0 Å². The monoisotopic (exact) mass is 162 g/mol. The van der Waals surface area contributed by atoms with Gasteiger partial charge in [0.25, 0.3) is 0 Å². The van der Waals surface area contributed by atoms with Crippen molar-refractivity contribution in [1.29, 1.82) is 0 Å². The Balaban J connectivity index is -0.0000000267. The second-order valence-electron chi connectivity index (χ2n) is 0.500. The predicted octanol–water partition coefficient (Wildman–Crippen LogP) is -11.5. The van der Waals surface area contributed by atoms with Gasteiger partial charge >= 0.3 is 82.2 Å². The number of hydrogen-bond donors (Lipinski definition) is 0. The molecule has 0 rings (SSSR count). The molecule has 0 aliphatic rings. The van der Waals surface area contributed by atoms with E-state index in [9.17, 15) is 0 Å². The zero-order chi connectivity index (χ0) is 4.50. The fraction of sp³-hybridized carbons (Fsp3) is 0. The van der Waals surface area contributed by atoms with E-state index in [1.54, 1.807) is 0 Å². The minimum atomic E-state index is -5.61.